The van der Waals surface area contributed by atoms with Crippen LogP contribution in [0.3, 0.4) is 0 Å². The van der Waals surface area contributed by atoms with Gasteiger partial charge in [0.15, 0.2) is 0 Å². The Morgan fingerprint density at radius 1 is 0.822 bits per heavy atom. The quantitative estimate of drug-likeness (QED) is 0.0930. The summed E-state index contributed by atoms with van der Waals surface area (Å²) >= 11 is 10.8. The van der Waals surface area contributed by atoms with E-state index in [4.69, 9.17) is 11.5 Å². The number of halogens is 1. The number of nitrogens with one attached hydrogen (secondary N) is 4. The number of thiol groups is 2. The zero-order chi connectivity index (χ0) is 34.1. The van der Waals surface area contributed by atoms with E-state index in [2.05, 4.69) is 46.5 Å². The molecule has 0 radical (unpaired) electrons. The van der Waals surface area contributed by atoms with E-state index in [1.165, 1.54) is 6.07 Å². The van der Waals surface area contributed by atoms with Crippen molar-refractivity contribution in [2.45, 2.75) is 74.2 Å². The average Bonchev–Trinajstić information content (AvgIpc) is 2.93. The Balaban J connectivity index is 2.10. The van der Waals surface area contributed by atoms with Crippen LogP contribution < -0.4 is 32.7 Å². The number of phenols is 1. The van der Waals surface area contributed by atoms with E-state index in [1.54, 1.807) is 70.2 Å². The number of rotatable bonds is 15. The molecule has 0 unspecified atom stereocenters. The molecule has 0 aliphatic rings. The molecule has 2 aromatic rings. The van der Waals surface area contributed by atoms with Gasteiger partial charge >= 0.3 is 0 Å². The maximum absolute atomic E-state index is 13.2. The Bertz CT molecular complexity index is 1380. The van der Waals surface area contributed by atoms with Gasteiger partial charge in [-0.05, 0) is 80.0 Å². The standard InChI is InChI=1S/C30H41IN6O6S2/c1-29(2,44)23(25(33)40)36-27(42)20(14-16-8-6-5-7-9-16)35-22(39)15-34-28(43)24(30(3,4)45)37-26(41)19(32)13-17-10-11-21(38)18(31)12-17/h5-12,19-20,23-24,38,44-45H,13-15,32H2,1-4H3,(H2,33,40)(H,34,43)(H,35,39)(H,36,42)(H,37,41)/t19-,20-,23-,24-/m0/s1. The zero-order valence-corrected chi connectivity index (χ0v) is 29.4. The molecule has 0 saturated heterocycles. The van der Waals surface area contributed by atoms with Gasteiger partial charge in [0.2, 0.25) is 29.5 Å². The summed E-state index contributed by atoms with van der Waals surface area (Å²) in [6, 6.07) is 9.33. The first-order valence-electron chi connectivity index (χ1n) is 14.0. The monoisotopic (exact) mass is 772 g/mol. The van der Waals surface area contributed by atoms with Gasteiger partial charge in [-0.15, -0.1) is 0 Å². The summed E-state index contributed by atoms with van der Waals surface area (Å²) in [5.74, 6) is -3.34. The molecule has 4 atom stereocenters. The number of hydrogen-bond donors (Lipinski definition) is 9. The predicted octanol–water partition coefficient (Wildman–Crippen LogP) is 0.582. The van der Waals surface area contributed by atoms with E-state index < -0.39 is 69.7 Å². The molecule has 45 heavy (non-hydrogen) atoms. The molecule has 0 aliphatic carbocycles. The van der Waals surface area contributed by atoms with Crippen molar-refractivity contribution in [3.05, 3.63) is 63.2 Å². The van der Waals surface area contributed by atoms with Crippen LogP contribution in [0.2, 0.25) is 0 Å². The van der Waals surface area contributed by atoms with E-state index >= 15 is 0 Å². The van der Waals surface area contributed by atoms with Crippen LogP contribution in [0.4, 0.5) is 0 Å². The molecule has 12 nitrogen and oxygen atoms in total. The Morgan fingerprint density at radius 3 is 1.93 bits per heavy atom. The summed E-state index contributed by atoms with van der Waals surface area (Å²) in [4.78, 5) is 64.3. The van der Waals surface area contributed by atoms with Crippen LogP contribution in [0.1, 0.15) is 38.8 Å². The van der Waals surface area contributed by atoms with Crippen LogP contribution in [-0.4, -0.2) is 74.8 Å². The minimum Gasteiger partial charge on any atom is -0.507 e. The van der Waals surface area contributed by atoms with Gasteiger partial charge in [-0.25, -0.2) is 0 Å². The van der Waals surface area contributed by atoms with Crippen molar-refractivity contribution < 1.29 is 29.1 Å². The van der Waals surface area contributed by atoms with Gasteiger partial charge < -0.3 is 37.8 Å². The SMILES string of the molecule is CC(C)(S)[C@@H](NC(=O)[C@H](Cc1ccccc1)NC(=O)CNC(=O)[C@H](NC(=O)[C@@H](N)Cc1ccc(O)c(I)c1)C(C)(C)S)C(N)=O. The highest BCUT2D eigenvalue weighted by atomic mass is 127. The number of phenolic OH excluding ortho intramolecular Hbond substituents is 1. The zero-order valence-electron chi connectivity index (χ0n) is 25.5. The molecule has 2 aromatic carbocycles. The number of amides is 5. The molecular weight excluding hydrogens is 731 g/mol. The lowest BCUT2D eigenvalue weighted by Crippen LogP contribution is -2.61. The van der Waals surface area contributed by atoms with E-state index in [1.807, 2.05) is 22.6 Å². The molecule has 15 heteroatoms. The molecule has 2 rings (SSSR count). The minimum atomic E-state index is -1.18. The summed E-state index contributed by atoms with van der Waals surface area (Å²) in [6.07, 6.45) is 0.239. The lowest BCUT2D eigenvalue weighted by Gasteiger charge is -2.31. The van der Waals surface area contributed by atoms with Gasteiger partial charge in [-0.3, -0.25) is 24.0 Å². The number of aromatic hydroxyl groups is 1. The van der Waals surface area contributed by atoms with Crippen LogP contribution >= 0.6 is 47.8 Å². The fraction of sp³-hybridized carbons (Fsp3) is 0.433. The third kappa shape index (κ3) is 12.4. The number of nitrogens with two attached hydrogens (primary N) is 2. The first kappa shape index (κ1) is 38.2. The molecule has 9 N–H and O–H groups in total. The topological polar surface area (TPSA) is 206 Å². The van der Waals surface area contributed by atoms with Crippen LogP contribution in [0.5, 0.6) is 5.75 Å². The maximum Gasteiger partial charge on any atom is 0.244 e. The van der Waals surface area contributed by atoms with Crippen LogP contribution in [-0.2, 0) is 36.8 Å². The van der Waals surface area contributed by atoms with Gasteiger partial charge in [0.1, 0.15) is 23.9 Å². The van der Waals surface area contributed by atoms with E-state index in [0.717, 1.165) is 11.1 Å². The molecule has 0 heterocycles. The molecule has 0 fully saturated rings. The lowest BCUT2D eigenvalue weighted by atomic mass is 10.00. The van der Waals surface area contributed by atoms with Crippen LogP contribution in [0.25, 0.3) is 0 Å². The molecule has 246 valence electrons. The molecule has 0 bridgehead atoms. The number of carbonyl (C=O) groups excluding carboxylic acids is 5. The number of hydrogen-bond acceptors (Lipinski definition) is 9. The highest BCUT2D eigenvalue weighted by Gasteiger charge is 2.36. The Morgan fingerprint density at radius 2 is 1.40 bits per heavy atom. The smallest absolute Gasteiger partial charge is 0.244 e. The fourth-order valence-electron chi connectivity index (χ4n) is 4.25. The second-order valence-corrected chi connectivity index (χ2v) is 15.2. The second-order valence-electron chi connectivity index (χ2n) is 11.7. The largest absolute Gasteiger partial charge is 0.507 e. The van der Waals surface area contributed by atoms with Crippen molar-refractivity contribution >= 4 is 77.4 Å². The summed E-state index contributed by atoms with van der Waals surface area (Å²) in [6.45, 7) is 5.94. The number of benzene rings is 2. The predicted molar refractivity (Wildman–Crippen MR) is 187 cm³/mol. The Labute approximate surface area is 287 Å². The molecule has 0 spiro atoms. The van der Waals surface area contributed by atoms with Gasteiger partial charge in [0, 0.05) is 15.9 Å². The lowest BCUT2D eigenvalue weighted by molar-refractivity contribution is -0.133. The summed E-state index contributed by atoms with van der Waals surface area (Å²) in [5, 5.41) is 20.0. The molecule has 0 aliphatic heterocycles. The third-order valence-electron chi connectivity index (χ3n) is 6.69. The first-order valence-corrected chi connectivity index (χ1v) is 16.0. The van der Waals surface area contributed by atoms with Gasteiger partial charge in [0.05, 0.1) is 16.2 Å². The summed E-state index contributed by atoms with van der Waals surface area (Å²) in [5.41, 5.74) is 13.0. The minimum absolute atomic E-state index is 0.0885. The molecular formula is C30H41IN6O6S2. The van der Waals surface area contributed by atoms with E-state index in [-0.39, 0.29) is 18.6 Å². The van der Waals surface area contributed by atoms with Crippen LogP contribution in [0.15, 0.2) is 48.5 Å². The normalized spacial score (nSPS) is 14.3. The van der Waals surface area contributed by atoms with Crippen molar-refractivity contribution in [2.24, 2.45) is 11.5 Å². The maximum atomic E-state index is 13.2. The van der Waals surface area contributed by atoms with Crippen molar-refractivity contribution in [2.75, 3.05) is 6.54 Å². The van der Waals surface area contributed by atoms with Gasteiger partial charge in [0.25, 0.3) is 0 Å². The van der Waals surface area contributed by atoms with Gasteiger partial charge in [-0.2, -0.15) is 25.3 Å². The van der Waals surface area contributed by atoms with Crippen molar-refractivity contribution in [3.8, 4) is 5.75 Å². The van der Waals surface area contributed by atoms with E-state index in [0.29, 0.717) is 3.57 Å². The van der Waals surface area contributed by atoms with Gasteiger partial charge in [-0.1, -0.05) is 36.4 Å². The first-order chi connectivity index (χ1) is 20.8. The highest BCUT2D eigenvalue weighted by Crippen LogP contribution is 2.22. The average molecular weight is 773 g/mol. The van der Waals surface area contributed by atoms with Crippen LogP contribution in [0, 0.1) is 3.57 Å². The Kier molecular flexibility index (Phi) is 14.0. The van der Waals surface area contributed by atoms with E-state index in [9.17, 15) is 29.1 Å². The fourth-order valence-corrected chi connectivity index (χ4v) is 5.20. The summed E-state index contributed by atoms with van der Waals surface area (Å²) < 4.78 is -1.43. The molecule has 5 amide bonds. The molecule has 0 saturated carbocycles. The summed E-state index contributed by atoms with van der Waals surface area (Å²) in [7, 11) is 0. The van der Waals surface area contributed by atoms with Crippen molar-refractivity contribution in [1.29, 1.82) is 0 Å². The third-order valence-corrected chi connectivity index (χ3v) is 8.08. The second kappa shape index (κ2) is 16.5. The number of primary amides is 1. The Hall–Kier alpha value is -3.02. The molecule has 0 aromatic heterocycles. The van der Waals surface area contributed by atoms with Crippen molar-refractivity contribution in [3.63, 3.8) is 0 Å². The van der Waals surface area contributed by atoms with Crippen molar-refractivity contribution in [1.82, 2.24) is 21.3 Å². The number of carbonyl (C=O) groups is 5. The highest BCUT2D eigenvalue weighted by molar-refractivity contribution is 14.1.